The zero-order valence-electron chi connectivity index (χ0n) is 11.1. The van der Waals surface area contributed by atoms with Crippen molar-refractivity contribution in [2.75, 3.05) is 19.6 Å². The fourth-order valence-corrected chi connectivity index (χ4v) is 3.04. The first kappa shape index (κ1) is 17.6. The third kappa shape index (κ3) is 4.26. The van der Waals surface area contributed by atoms with Crippen LogP contribution in [0.5, 0.6) is 0 Å². The van der Waals surface area contributed by atoms with Crippen LogP contribution in [0.25, 0.3) is 0 Å². The minimum Gasteiger partial charge on any atom is -0.338 e. The van der Waals surface area contributed by atoms with Crippen LogP contribution in [0.2, 0.25) is 10.0 Å². The van der Waals surface area contributed by atoms with E-state index in [0.717, 1.165) is 32.4 Å². The fourth-order valence-electron chi connectivity index (χ4n) is 2.55. The molecule has 0 saturated carbocycles. The van der Waals surface area contributed by atoms with Gasteiger partial charge in [-0.05, 0) is 49.9 Å². The van der Waals surface area contributed by atoms with Crippen LogP contribution in [0.1, 0.15) is 29.6 Å². The van der Waals surface area contributed by atoms with Gasteiger partial charge in [0.2, 0.25) is 0 Å². The standard InChI is InChI=1S/C14H18Cl2N2O.ClH/c15-11-3-4-12(13(16)8-11)14(19)18-7-1-2-10(9-18)5-6-17;/h3-4,8,10H,1-2,5-7,9,17H2;1H. The number of hydrogen-bond acceptors (Lipinski definition) is 2. The van der Waals surface area contributed by atoms with E-state index in [1.165, 1.54) is 0 Å². The molecule has 1 aromatic carbocycles. The number of rotatable bonds is 3. The number of halogens is 3. The van der Waals surface area contributed by atoms with Crippen molar-refractivity contribution in [2.24, 2.45) is 11.7 Å². The van der Waals surface area contributed by atoms with Crippen LogP contribution in [0, 0.1) is 5.92 Å². The summed E-state index contributed by atoms with van der Waals surface area (Å²) in [6, 6.07) is 5.00. The minimum atomic E-state index is -0.0108. The molecule has 1 fully saturated rings. The third-order valence-electron chi connectivity index (χ3n) is 3.54. The van der Waals surface area contributed by atoms with Crippen molar-refractivity contribution in [3.63, 3.8) is 0 Å². The lowest BCUT2D eigenvalue weighted by atomic mass is 9.94. The Bertz CT molecular complexity index is 466. The average molecular weight is 338 g/mol. The second-order valence-electron chi connectivity index (χ2n) is 4.96. The lowest BCUT2D eigenvalue weighted by Gasteiger charge is -2.33. The Morgan fingerprint density at radius 3 is 2.80 bits per heavy atom. The van der Waals surface area contributed by atoms with Crippen molar-refractivity contribution < 1.29 is 4.79 Å². The summed E-state index contributed by atoms with van der Waals surface area (Å²) >= 11 is 11.9. The van der Waals surface area contributed by atoms with Gasteiger partial charge in [0, 0.05) is 18.1 Å². The SMILES string of the molecule is Cl.NCCC1CCCN(C(=O)c2ccc(Cl)cc2Cl)C1. The predicted octanol–water partition coefficient (Wildman–Crippen LogP) is 3.62. The first-order chi connectivity index (χ1) is 9.11. The van der Waals surface area contributed by atoms with E-state index in [2.05, 4.69) is 0 Å². The zero-order chi connectivity index (χ0) is 13.8. The van der Waals surface area contributed by atoms with E-state index >= 15 is 0 Å². The summed E-state index contributed by atoms with van der Waals surface area (Å²) < 4.78 is 0. The maximum absolute atomic E-state index is 12.4. The summed E-state index contributed by atoms with van der Waals surface area (Å²) in [7, 11) is 0. The summed E-state index contributed by atoms with van der Waals surface area (Å²) in [5.41, 5.74) is 6.12. The summed E-state index contributed by atoms with van der Waals surface area (Å²) in [6.07, 6.45) is 3.15. The van der Waals surface area contributed by atoms with E-state index in [-0.39, 0.29) is 18.3 Å². The first-order valence-electron chi connectivity index (χ1n) is 6.56. The van der Waals surface area contributed by atoms with Gasteiger partial charge in [0.25, 0.3) is 5.91 Å². The maximum atomic E-state index is 12.4. The Hall–Kier alpha value is -0.480. The smallest absolute Gasteiger partial charge is 0.255 e. The third-order valence-corrected chi connectivity index (χ3v) is 4.09. The summed E-state index contributed by atoms with van der Waals surface area (Å²) in [5, 5.41) is 0.958. The second-order valence-corrected chi connectivity index (χ2v) is 5.80. The Morgan fingerprint density at radius 1 is 1.40 bits per heavy atom. The Morgan fingerprint density at radius 2 is 2.15 bits per heavy atom. The lowest BCUT2D eigenvalue weighted by Crippen LogP contribution is -2.40. The van der Waals surface area contributed by atoms with E-state index < -0.39 is 0 Å². The highest BCUT2D eigenvalue weighted by atomic mass is 35.5. The zero-order valence-corrected chi connectivity index (χ0v) is 13.5. The van der Waals surface area contributed by atoms with Crippen LogP contribution < -0.4 is 5.73 Å². The molecule has 1 aromatic rings. The number of amides is 1. The number of nitrogens with two attached hydrogens (primary N) is 1. The quantitative estimate of drug-likeness (QED) is 0.915. The highest BCUT2D eigenvalue weighted by Crippen LogP contribution is 2.25. The van der Waals surface area contributed by atoms with E-state index in [1.54, 1.807) is 18.2 Å². The van der Waals surface area contributed by atoms with E-state index in [1.807, 2.05) is 4.90 Å². The molecule has 1 aliphatic heterocycles. The van der Waals surface area contributed by atoms with Crippen LogP contribution in [0.4, 0.5) is 0 Å². The van der Waals surface area contributed by atoms with Crippen LogP contribution in [-0.4, -0.2) is 30.4 Å². The number of piperidine rings is 1. The molecular formula is C14H19Cl3N2O. The molecule has 0 bridgehead atoms. The van der Waals surface area contributed by atoms with Crippen molar-refractivity contribution in [3.8, 4) is 0 Å². The molecule has 1 saturated heterocycles. The number of likely N-dealkylation sites (tertiary alicyclic amines) is 1. The van der Waals surface area contributed by atoms with Gasteiger partial charge in [0.1, 0.15) is 0 Å². The molecule has 6 heteroatoms. The lowest BCUT2D eigenvalue weighted by molar-refractivity contribution is 0.0669. The monoisotopic (exact) mass is 336 g/mol. The van der Waals surface area contributed by atoms with Gasteiger partial charge in [-0.2, -0.15) is 0 Å². The predicted molar refractivity (Wildman–Crippen MR) is 86.0 cm³/mol. The van der Waals surface area contributed by atoms with Crippen molar-refractivity contribution in [1.82, 2.24) is 4.90 Å². The van der Waals surface area contributed by atoms with Crippen LogP contribution in [-0.2, 0) is 0 Å². The highest BCUT2D eigenvalue weighted by molar-refractivity contribution is 6.36. The second kappa shape index (κ2) is 8.08. The molecule has 1 amide bonds. The summed E-state index contributed by atoms with van der Waals surface area (Å²) in [6.45, 7) is 2.24. The Balaban J connectivity index is 0.00000200. The summed E-state index contributed by atoms with van der Waals surface area (Å²) in [5.74, 6) is 0.497. The van der Waals surface area contributed by atoms with Gasteiger partial charge in [-0.1, -0.05) is 23.2 Å². The fraction of sp³-hybridized carbons (Fsp3) is 0.500. The molecule has 0 aliphatic carbocycles. The number of nitrogens with zero attached hydrogens (tertiary/aromatic N) is 1. The molecule has 20 heavy (non-hydrogen) atoms. The van der Waals surface area contributed by atoms with Gasteiger partial charge in [-0.25, -0.2) is 0 Å². The average Bonchev–Trinajstić information content (AvgIpc) is 2.39. The van der Waals surface area contributed by atoms with Gasteiger partial charge in [-0.15, -0.1) is 12.4 Å². The van der Waals surface area contributed by atoms with Gasteiger partial charge < -0.3 is 10.6 Å². The molecule has 1 atom stereocenters. The van der Waals surface area contributed by atoms with Gasteiger partial charge in [0.15, 0.2) is 0 Å². The molecule has 2 rings (SSSR count). The topological polar surface area (TPSA) is 46.3 Å². The molecule has 2 N–H and O–H groups in total. The number of carbonyl (C=O) groups excluding carboxylic acids is 1. The number of hydrogen-bond donors (Lipinski definition) is 1. The molecule has 0 spiro atoms. The maximum Gasteiger partial charge on any atom is 0.255 e. The molecule has 1 aliphatic rings. The molecule has 0 radical (unpaired) electrons. The van der Waals surface area contributed by atoms with E-state index in [4.69, 9.17) is 28.9 Å². The Kier molecular flexibility index (Phi) is 7.10. The highest BCUT2D eigenvalue weighted by Gasteiger charge is 2.25. The first-order valence-corrected chi connectivity index (χ1v) is 7.32. The van der Waals surface area contributed by atoms with Crippen LogP contribution in [0.15, 0.2) is 18.2 Å². The molecule has 1 unspecified atom stereocenters. The molecular weight excluding hydrogens is 319 g/mol. The Labute approximate surface area is 135 Å². The van der Waals surface area contributed by atoms with Crippen LogP contribution >= 0.6 is 35.6 Å². The van der Waals surface area contributed by atoms with Crippen molar-refractivity contribution in [2.45, 2.75) is 19.3 Å². The number of carbonyl (C=O) groups is 1. The van der Waals surface area contributed by atoms with Gasteiger partial charge >= 0.3 is 0 Å². The molecule has 3 nitrogen and oxygen atoms in total. The van der Waals surface area contributed by atoms with E-state index in [9.17, 15) is 4.79 Å². The number of benzene rings is 1. The van der Waals surface area contributed by atoms with Crippen molar-refractivity contribution in [1.29, 1.82) is 0 Å². The minimum absolute atomic E-state index is 0. The molecule has 0 aromatic heterocycles. The molecule has 1 heterocycles. The normalized spacial score (nSPS) is 18.6. The summed E-state index contributed by atoms with van der Waals surface area (Å²) in [4.78, 5) is 14.3. The molecule has 112 valence electrons. The van der Waals surface area contributed by atoms with Crippen LogP contribution in [0.3, 0.4) is 0 Å². The van der Waals surface area contributed by atoms with Crippen molar-refractivity contribution in [3.05, 3.63) is 33.8 Å². The largest absolute Gasteiger partial charge is 0.338 e. The van der Waals surface area contributed by atoms with Crippen molar-refractivity contribution >= 4 is 41.5 Å². The van der Waals surface area contributed by atoms with Gasteiger partial charge in [-0.3, -0.25) is 4.79 Å². The van der Waals surface area contributed by atoms with Gasteiger partial charge in [0.05, 0.1) is 10.6 Å². The van der Waals surface area contributed by atoms with E-state index in [0.29, 0.717) is 28.1 Å².